The second-order valence-electron chi connectivity index (χ2n) is 12.5. The summed E-state index contributed by atoms with van der Waals surface area (Å²) in [5.74, 6) is -1.37. The van der Waals surface area contributed by atoms with Crippen LogP contribution in [-0.4, -0.2) is 46.7 Å². The van der Waals surface area contributed by atoms with Crippen molar-refractivity contribution in [1.82, 2.24) is 0 Å². The van der Waals surface area contributed by atoms with Crippen LogP contribution in [0.3, 0.4) is 0 Å². The number of hydrogen-bond donors (Lipinski definition) is 2. The smallest absolute Gasteiger partial charge is 0.550 e. The summed E-state index contributed by atoms with van der Waals surface area (Å²) in [6.07, 6.45) is 19.7. The number of phenols is 2. The largest absolute Gasteiger partial charge is 2.00 e. The summed E-state index contributed by atoms with van der Waals surface area (Å²) >= 11 is 0. The number of benzene rings is 2. The van der Waals surface area contributed by atoms with Gasteiger partial charge in [0.05, 0.1) is 12.1 Å². The monoisotopic (exact) mass is 709 g/mol. The summed E-state index contributed by atoms with van der Waals surface area (Å²) in [7, 11) is 0. The molecule has 0 amide bonds. The first-order chi connectivity index (χ1) is 22.4. The number of unbranched alkanes of at least 4 members (excludes halogenated alkanes) is 4. The van der Waals surface area contributed by atoms with Gasteiger partial charge in [-0.3, -0.25) is 9.98 Å². The van der Waals surface area contributed by atoms with Crippen molar-refractivity contribution in [3.63, 3.8) is 0 Å². The molecule has 48 heavy (non-hydrogen) atoms. The Morgan fingerprint density at radius 3 is 1.29 bits per heavy atom. The minimum absolute atomic E-state index is 0. The normalized spacial score (nSPS) is 15.4. The van der Waals surface area contributed by atoms with Gasteiger partial charge in [0.15, 0.2) is 0 Å². The van der Waals surface area contributed by atoms with E-state index in [1.165, 1.54) is 24.0 Å². The van der Waals surface area contributed by atoms with Crippen LogP contribution in [0.1, 0.15) is 146 Å². The number of carboxylic acids is 2. The number of nitrogens with zero attached hydrogens (tertiary/aromatic N) is 2. The second-order valence-corrected chi connectivity index (χ2v) is 12.5. The third-order valence-electron chi connectivity index (χ3n) is 8.02. The van der Waals surface area contributed by atoms with E-state index in [4.69, 9.17) is 29.8 Å². The molecule has 269 valence electrons. The standard InChI is InChI=1S/C35H52N2O2.2C2H4O2.Co/c1-5-9-13-26-19-28(15-11-7-3)34(38)30(21-26)24-36-32-17-18-33(23-32)37-25-31-22-27(14-10-6-2)20-29(35(31)39)16-12-8-4;2*1-2(3)4;/h19-22,24-25,32-33,38-39H,5-18,23H2,1-4H3;2*1H3,(H,3,4);/q;;;+2/p-2. The fourth-order valence-electron chi connectivity index (χ4n) is 5.51. The van der Waals surface area contributed by atoms with Crippen molar-refractivity contribution in [3.05, 3.63) is 57.6 Å². The van der Waals surface area contributed by atoms with Crippen LogP contribution in [0.25, 0.3) is 0 Å². The van der Waals surface area contributed by atoms with Crippen LogP contribution in [0.5, 0.6) is 11.5 Å². The number of aromatic hydroxyl groups is 2. The van der Waals surface area contributed by atoms with Crippen molar-refractivity contribution in [1.29, 1.82) is 0 Å². The van der Waals surface area contributed by atoms with E-state index < -0.39 is 11.9 Å². The topological polar surface area (TPSA) is 145 Å². The molecule has 0 spiro atoms. The van der Waals surface area contributed by atoms with Gasteiger partial charge in [-0.2, -0.15) is 0 Å². The number of rotatable bonds is 16. The van der Waals surface area contributed by atoms with Gasteiger partial charge in [-0.1, -0.05) is 65.5 Å². The molecule has 2 aromatic carbocycles. The summed E-state index contributed by atoms with van der Waals surface area (Å²) < 4.78 is 0. The van der Waals surface area contributed by atoms with Gasteiger partial charge in [-0.05, 0) is 119 Å². The Kier molecular flexibility index (Phi) is 24.1. The molecule has 0 aliphatic heterocycles. The first-order valence-electron chi connectivity index (χ1n) is 17.6. The number of phenolic OH excluding ortho intramolecular Hbond substituents is 2. The van der Waals surface area contributed by atoms with Crippen molar-refractivity contribution in [2.45, 2.75) is 150 Å². The average molecular weight is 710 g/mol. The number of carboxylic acid groups (broad SMARTS) is 2. The maximum absolute atomic E-state index is 10.9. The Balaban J connectivity index is 0.00000221. The number of aryl methyl sites for hydroxylation is 4. The van der Waals surface area contributed by atoms with Gasteiger partial charge in [0.25, 0.3) is 0 Å². The van der Waals surface area contributed by atoms with Crippen LogP contribution in [-0.2, 0) is 52.1 Å². The molecule has 0 bridgehead atoms. The van der Waals surface area contributed by atoms with Crippen molar-refractivity contribution in [3.8, 4) is 11.5 Å². The van der Waals surface area contributed by atoms with Crippen LogP contribution in [0.2, 0.25) is 0 Å². The molecule has 1 saturated carbocycles. The van der Waals surface area contributed by atoms with Gasteiger partial charge in [-0.25, -0.2) is 0 Å². The predicted molar refractivity (Wildman–Crippen MR) is 189 cm³/mol. The van der Waals surface area contributed by atoms with Gasteiger partial charge in [0.2, 0.25) is 0 Å². The zero-order valence-electron chi connectivity index (χ0n) is 30.0. The fraction of sp³-hybridized carbons (Fsp3) is 0.590. The number of carbonyl (C=O) groups excluding carboxylic acids is 2. The zero-order chi connectivity index (χ0) is 35.2. The first-order valence-corrected chi connectivity index (χ1v) is 17.6. The molecule has 8 nitrogen and oxygen atoms in total. The molecule has 0 heterocycles. The van der Waals surface area contributed by atoms with E-state index in [1.54, 1.807) is 0 Å². The minimum Gasteiger partial charge on any atom is -0.550 e. The van der Waals surface area contributed by atoms with Gasteiger partial charge in [0.1, 0.15) is 11.5 Å². The van der Waals surface area contributed by atoms with Crippen LogP contribution in [0.15, 0.2) is 34.3 Å². The molecule has 1 fully saturated rings. The molecule has 2 N–H and O–H groups in total. The Hall–Kier alpha value is -3.17. The van der Waals surface area contributed by atoms with Gasteiger partial charge in [-0.15, -0.1) is 0 Å². The Bertz CT molecular complexity index is 1190. The van der Waals surface area contributed by atoms with Gasteiger partial charge >= 0.3 is 16.8 Å². The molecule has 2 atom stereocenters. The summed E-state index contributed by atoms with van der Waals surface area (Å²) in [6.45, 7) is 10.8. The molecule has 0 aromatic heterocycles. The summed E-state index contributed by atoms with van der Waals surface area (Å²) in [5, 5.41) is 39.7. The summed E-state index contributed by atoms with van der Waals surface area (Å²) in [5.41, 5.74) is 6.43. The van der Waals surface area contributed by atoms with E-state index in [1.807, 2.05) is 12.4 Å². The van der Waals surface area contributed by atoms with Crippen molar-refractivity contribution in [2.75, 3.05) is 0 Å². The number of aliphatic imine (C=N–C) groups is 2. The quantitative estimate of drug-likeness (QED) is 0.192. The molecule has 1 aliphatic carbocycles. The maximum atomic E-state index is 10.9. The van der Waals surface area contributed by atoms with Crippen LogP contribution in [0.4, 0.5) is 0 Å². The second kappa shape index (κ2) is 25.8. The third-order valence-corrected chi connectivity index (χ3v) is 8.02. The Morgan fingerprint density at radius 2 is 0.979 bits per heavy atom. The molecule has 3 rings (SSSR count). The van der Waals surface area contributed by atoms with E-state index in [9.17, 15) is 10.2 Å². The number of aliphatic carboxylic acids is 2. The van der Waals surface area contributed by atoms with E-state index >= 15 is 0 Å². The molecule has 2 unspecified atom stereocenters. The fourth-order valence-corrected chi connectivity index (χ4v) is 5.51. The number of hydrogen-bond acceptors (Lipinski definition) is 8. The summed E-state index contributed by atoms with van der Waals surface area (Å²) in [6, 6.07) is 9.07. The molecule has 1 radical (unpaired) electrons. The van der Waals surface area contributed by atoms with Gasteiger partial charge < -0.3 is 30.0 Å². The maximum Gasteiger partial charge on any atom is 2.00 e. The van der Waals surface area contributed by atoms with E-state index in [-0.39, 0.29) is 28.9 Å². The van der Waals surface area contributed by atoms with Crippen LogP contribution < -0.4 is 10.2 Å². The predicted octanol–water partition coefficient (Wildman–Crippen LogP) is 6.44. The minimum atomic E-state index is -1.08. The Morgan fingerprint density at radius 1 is 0.667 bits per heavy atom. The molecule has 0 saturated heterocycles. The van der Waals surface area contributed by atoms with Gasteiger partial charge in [0, 0.05) is 35.5 Å². The van der Waals surface area contributed by atoms with Crippen molar-refractivity contribution >= 4 is 24.4 Å². The first kappa shape index (κ1) is 44.8. The van der Waals surface area contributed by atoms with Crippen molar-refractivity contribution in [2.24, 2.45) is 9.98 Å². The molecule has 2 aromatic rings. The number of carbonyl (C=O) groups is 2. The van der Waals surface area contributed by atoms with E-state index in [2.05, 4.69) is 52.0 Å². The molecule has 1 aliphatic rings. The van der Waals surface area contributed by atoms with Crippen molar-refractivity contribution < 1.29 is 46.8 Å². The van der Waals surface area contributed by atoms with Crippen LogP contribution in [0, 0.1) is 0 Å². The third kappa shape index (κ3) is 18.4. The molecule has 9 heteroatoms. The zero-order valence-corrected chi connectivity index (χ0v) is 31.0. The van der Waals surface area contributed by atoms with E-state index in [0.29, 0.717) is 11.5 Å². The Labute approximate surface area is 299 Å². The van der Waals surface area contributed by atoms with Crippen LogP contribution >= 0.6 is 0 Å². The average Bonchev–Trinajstić information content (AvgIpc) is 3.48. The van der Waals surface area contributed by atoms with E-state index in [0.717, 1.165) is 120 Å². The molecular weight excluding hydrogens is 651 g/mol. The SMILES string of the molecule is CC(=O)[O-].CC(=O)[O-].CCCCc1cc(C=NC2CCC(N=Cc3cc(CCCC)cc(CCCC)c3O)C2)c(O)c(CCCC)c1.[Co+2]. The summed E-state index contributed by atoms with van der Waals surface area (Å²) in [4.78, 5) is 27.6. The molecular formula is C39H58CoN2O6.